The third-order valence-electron chi connectivity index (χ3n) is 3.32. The summed E-state index contributed by atoms with van der Waals surface area (Å²) in [7, 11) is 0. The second kappa shape index (κ2) is 4.33. The van der Waals surface area contributed by atoms with Gasteiger partial charge in [-0.2, -0.15) is 0 Å². The van der Waals surface area contributed by atoms with E-state index >= 15 is 0 Å². The highest BCUT2D eigenvalue weighted by Gasteiger charge is 2.35. The molecule has 1 aromatic rings. The number of benzene rings is 1. The average Bonchev–Trinajstić information content (AvgIpc) is 2.56. The maximum atomic E-state index is 10.1. The van der Waals surface area contributed by atoms with E-state index < -0.39 is 5.60 Å². The van der Waals surface area contributed by atoms with Crippen molar-refractivity contribution in [3.63, 3.8) is 0 Å². The van der Waals surface area contributed by atoms with Gasteiger partial charge in [-0.3, -0.25) is 0 Å². The molecule has 1 saturated carbocycles. The summed E-state index contributed by atoms with van der Waals surface area (Å²) < 4.78 is 0. The molecule has 2 heteroatoms. The van der Waals surface area contributed by atoms with Gasteiger partial charge in [0.2, 0.25) is 0 Å². The Bertz CT molecular complexity index is 308. The Morgan fingerprint density at radius 1 is 1.40 bits per heavy atom. The zero-order valence-corrected chi connectivity index (χ0v) is 9.24. The van der Waals surface area contributed by atoms with Gasteiger partial charge in [-0.1, -0.05) is 30.3 Å². The summed E-state index contributed by atoms with van der Waals surface area (Å²) in [6.45, 7) is 2.78. The van der Waals surface area contributed by atoms with Gasteiger partial charge >= 0.3 is 0 Å². The molecule has 15 heavy (non-hydrogen) atoms. The van der Waals surface area contributed by atoms with Gasteiger partial charge in [0, 0.05) is 12.6 Å². The Kier molecular flexibility index (Phi) is 3.08. The minimum atomic E-state index is -0.519. The molecule has 1 aromatic carbocycles. The van der Waals surface area contributed by atoms with E-state index in [2.05, 4.69) is 17.4 Å². The first-order valence-electron chi connectivity index (χ1n) is 5.68. The molecule has 0 aromatic heterocycles. The molecule has 1 aliphatic rings. The van der Waals surface area contributed by atoms with Gasteiger partial charge in [-0.05, 0) is 31.7 Å². The van der Waals surface area contributed by atoms with Crippen molar-refractivity contribution in [3.8, 4) is 0 Å². The van der Waals surface area contributed by atoms with E-state index in [9.17, 15) is 5.11 Å². The van der Waals surface area contributed by atoms with Gasteiger partial charge < -0.3 is 10.4 Å². The average molecular weight is 205 g/mol. The van der Waals surface area contributed by atoms with Crippen LogP contribution in [0.4, 0.5) is 0 Å². The summed E-state index contributed by atoms with van der Waals surface area (Å²) in [6.07, 6.45) is 3.12. The van der Waals surface area contributed by atoms with Crippen molar-refractivity contribution in [2.45, 2.75) is 44.4 Å². The molecular weight excluding hydrogens is 186 g/mol. The van der Waals surface area contributed by atoms with Crippen molar-refractivity contribution < 1.29 is 5.11 Å². The fraction of sp³-hybridized carbons (Fsp3) is 0.538. The Morgan fingerprint density at radius 2 is 2.13 bits per heavy atom. The highest BCUT2D eigenvalue weighted by Crippen LogP contribution is 2.29. The fourth-order valence-corrected chi connectivity index (χ4v) is 2.31. The van der Waals surface area contributed by atoms with Gasteiger partial charge in [0.15, 0.2) is 0 Å². The Balaban J connectivity index is 1.89. The van der Waals surface area contributed by atoms with E-state index in [-0.39, 0.29) is 6.04 Å². The van der Waals surface area contributed by atoms with Crippen LogP contribution in [-0.4, -0.2) is 16.7 Å². The number of rotatable bonds is 3. The van der Waals surface area contributed by atoms with Crippen LogP contribution in [0.15, 0.2) is 30.3 Å². The summed E-state index contributed by atoms with van der Waals surface area (Å²) in [5.74, 6) is 0. The highest BCUT2D eigenvalue weighted by molar-refractivity contribution is 5.14. The second-order valence-electron chi connectivity index (χ2n) is 4.67. The lowest BCUT2D eigenvalue weighted by Crippen LogP contribution is -2.44. The summed E-state index contributed by atoms with van der Waals surface area (Å²) in [5.41, 5.74) is 0.759. The lowest BCUT2D eigenvalue weighted by molar-refractivity contribution is 0.0387. The van der Waals surface area contributed by atoms with Crippen molar-refractivity contribution in [2.24, 2.45) is 0 Å². The van der Waals surface area contributed by atoms with Crippen molar-refractivity contribution in [2.75, 3.05) is 0 Å². The predicted octanol–water partition coefficient (Wildman–Crippen LogP) is 2.08. The number of hydrogen-bond acceptors (Lipinski definition) is 2. The standard InChI is InChI=1S/C13H19NO/c1-13(15)9-5-8-12(13)14-10-11-6-3-2-4-7-11/h2-4,6-7,12,14-15H,5,8-10H2,1H3/t12-,13+/m0/s1. The molecule has 0 unspecified atom stereocenters. The molecule has 2 N–H and O–H groups in total. The van der Waals surface area contributed by atoms with Crippen molar-refractivity contribution in [3.05, 3.63) is 35.9 Å². The Hall–Kier alpha value is -0.860. The molecule has 2 atom stereocenters. The van der Waals surface area contributed by atoms with Crippen LogP contribution in [0.3, 0.4) is 0 Å². The molecule has 1 aliphatic carbocycles. The molecule has 82 valence electrons. The van der Waals surface area contributed by atoms with E-state index in [0.717, 1.165) is 25.8 Å². The minimum absolute atomic E-state index is 0.248. The van der Waals surface area contributed by atoms with Crippen molar-refractivity contribution >= 4 is 0 Å². The zero-order valence-electron chi connectivity index (χ0n) is 9.24. The Labute approximate surface area is 91.3 Å². The molecule has 0 spiro atoms. The smallest absolute Gasteiger partial charge is 0.0772 e. The molecule has 0 aliphatic heterocycles. The molecule has 0 radical (unpaired) electrons. The van der Waals surface area contributed by atoms with Crippen LogP contribution in [-0.2, 0) is 6.54 Å². The summed E-state index contributed by atoms with van der Waals surface area (Å²) in [6, 6.07) is 10.6. The Morgan fingerprint density at radius 3 is 2.73 bits per heavy atom. The minimum Gasteiger partial charge on any atom is -0.389 e. The van der Waals surface area contributed by atoms with Crippen molar-refractivity contribution in [1.29, 1.82) is 0 Å². The number of hydrogen-bond donors (Lipinski definition) is 2. The molecule has 0 bridgehead atoms. The first-order valence-corrected chi connectivity index (χ1v) is 5.68. The quantitative estimate of drug-likeness (QED) is 0.792. The van der Waals surface area contributed by atoms with E-state index in [0.29, 0.717) is 0 Å². The monoisotopic (exact) mass is 205 g/mol. The van der Waals surface area contributed by atoms with E-state index in [1.54, 1.807) is 0 Å². The van der Waals surface area contributed by atoms with Crippen LogP contribution < -0.4 is 5.32 Å². The maximum Gasteiger partial charge on any atom is 0.0772 e. The van der Waals surface area contributed by atoms with Gasteiger partial charge in [0.1, 0.15) is 0 Å². The van der Waals surface area contributed by atoms with E-state index in [4.69, 9.17) is 0 Å². The van der Waals surface area contributed by atoms with Gasteiger partial charge in [-0.25, -0.2) is 0 Å². The molecule has 1 fully saturated rings. The number of nitrogens with one attached hydrogen (secondary N) is 1. The SMILES string of the molecule is C[C@@]1(O)CCC[C@@H]1NCc1ccccc1. The van der Waals surface area contributed by atoms with Gasteiger partial charge in [0.25, 0.3) is 0 Å². The predicted molar refractivity (Wildman–Crippen MR) is 61.5 cm³/mol. The molecule has 0 amide bonds. The van der Waals surface area contributed by atoms with Gasteiger partial charge in [0.05, 0.1) is 5.60 Å². The van der Waals surface area contributed by atoms with Crippen molar-refractivity contribution in [1.82, 2.24) is 5.32 Å². The fourth-order valence-electron chi connectivity index (χ4n) is 2.31. The first kappa shape index (κ1) is 10.7. The topological polar surface area (TPSA) is 32.3 Å². The molecular formula is C13H19NO. The summed E-state index contributed by atoms with van der Waals surface area (Å²) in [5, 5.41) is 13.5. The second-order valence-corrected chi connectivity index (χ2v) is 4.67. The third-order valence-corrected chi connectivity index (χ3v) is 3.32. The lowest BCUT2D eigenvalue weighted by atomic mass is 10.0. The third kappa shape index (κ3) is 2.58. The van der Waals surface area contributed by atoms with Crippen LogP contribution in [0.1, 0.15) is 31.7 Å². The molecule has 2 rings (SSSR count). The molecule has 0 heterocycles. The van der Waals surface area contributed by atoms with E-state index in [1.165, 1.54) is 5.56 Å². The lowest BCUT2D eigenvalue weighted by Gasteiger charge is -2.26. The molecule has 2 nitrogen and oxygen atoms in total. The van der Waals surface area contributed by atoms with Crippen LogP contribution in [0.5, 0.6) is 0 Å². The van der Waals surface area contributed by atoms with E-state index in [1.807, 2.05) is 25.1 Å². The van der Waals surface area contributed by atoms with Gasteiger partial charge in [-0.15, -0.1) is 0 Å². The normalized spacial score (nSPS) is 30.7. The highest BCUT2D eigenvalue weighted by atomic mass is 16.3. The molecule has 0 saturated heterocycles. The first-order chi connectivity index (χ1) is 7.18. The van der Waals surface area contributed by atoms with Crippen LogP contribution in [0, 0.1) is 0 Å². The zero-order chi connectivity index (χ0) is 10.7. The summed E-state index contributed by atoms with van der Waals surface area (Å²) in [4.78, 5) is 0. The van der Waals surface area contributed by atoms with Crippen LogP contribution in [0.25, 0.3) is 0 Å². The van der Waals surface area contributed by atoms with Crippen LogP contribution >= 0.6 is 0 Å². The van der Waals surface area contributed by atoms with Crippen LogP contribution in [0.2, 0.25) is 0 Å². The largest absolute Gasteiger partial charge is 0.389 e. The number of aliphatic hydroxyl groups is 1. The summed E-state index contributed by atoms with van der Waals surface area (Å²) >= 11 is 0. The maximum absolute atomic E-state index is 10.1.